The molecule has 16 heavy (non-hydrogen) atoms. The zero-order chi connectivity index (χ0) is 10.5. The summed E-state index contributed by atoms with van der Waals surface area (Å²) >= 11 is 2.01. The number of nitrogens with zero attached hydrogens (tertiary/aromatic N) is 2. The van der Waals surface area contributed by atoms with Crippen LogP contribution in [0.2, 0.25) is 0 Å². The van der Waals surface area contributed by atoms with Gasteiger partial charge in [0, 0.05) is 31.1 Å². The summed E-state index contributed by atoms with van der Waals surface area (Å²) in [6.45, 7) is 3.10. The summed E-state index contributed by atoms with van der Waals surface area (Å²) in [5.74, 6) is 3.98. The summed E-state index contributed by atoms with van der Waals surface area (Å²) in [5, 5.41) is 0. The number of halogens is 1. The lowest BCUT2D eigenvalue weighted by Crippen LogP contribution is -2.42. The smallest absolute Gasteiger partial charge is 0.191 e. The SMILES string of the molecule is I.NC(=NCC1CCCC1)N1CCSCC1. The fourth-order valence-electron chi connectivity index (χ4n) is 2.31. The molecular formula is C11H22IN3S. The number of hydrogen-bond donors (Lipinski definition) is 1. The van der Waals surface area contributed by atoms with Crippen LogP contribution in [-0.4, -0.2) is 42.0 Å². The average Bonchev–Trinajstić information content (AvgIpc) is 2.80. The van der Waals surface area contributed by atoms with E-state index < -0.39 is 0 Å². The zero-order valence-corrected chi connectivity index (χ0v) is 12.9. The second-order valence-corrected chi connectivity index (χ2v) is 5.67. The van der Waals surface area contributed by atoms with Crippen LogP contribution in [0, 0.1) is 5.92 Å². The monoisotopic (exact) mass is 355 g/mol. The minimum atomic E-state index is 0. The molecular weight excluding hydrogens is 333 g/mol. The molecule has 1 saturated carbocycles. The normalized spacial score (nSPS) is 23.2. The molecule has 94 valence electrons. The fraction of sp³-hybridized carbons (Fsp3) is 0.909. The first-order valence-electron chi connectivity index (χ1n) is 5.99. The fourth-order valence-corrected chi connectivity index (χ4v) is 3.21. The van der Waals surface area contributed by atoms with Gasteiger partial charge >= 0.3 is 0 Å². The Balaban J connectivity index is 0.00000128. The Morgan fingerprint density at radius 2 is 1.88 bits per heavy atom. The highest BCUT2D eigenvalue weighted by Crippen LogP contribution is 2.24. The van der Waals surface area contributed by atoms with Crippen molar-refractivity contribution in [1.82, 2.24) is 4.90 Å². The van der Waals surface area contributed by atoms with Crippen molar-refractivity contribution in [2.75, 3.05) is 31.1 Å². The third-order valence-electron chi connectivity index (χ3n) is 3.32. The number of nitrogens with two attached hydrogens (primary N) is 1. The van der Waals surface area contributed by atoms with Crippen LogP contribution < -0.4 is 5.73 Å². The van der Waals surface area contributed by atoms with Crippen LogP contribution in [0.1, 0.15) is 25.7 Å². The summed E-state index contributed by atoms with van der Waals surface area (Å²) in [6, 6.07) is 0. The maximum atomic E-state index is 5.99. The van der Waals surface area contributed by atoms with Gasteiger partial charge < -0.3 is 10.6 Å². The topological polar surface area (TPSA) is 41.6 Å². The molecule has 0 spiro atoms. The Labute approximate surface area is 120 Å². The maximum absolute atomic E-state index is 5.99. The lowest BCUT2D eigenvalue weighted by Gasteiger charge is -2.27. The molecule has 2 N–H and O–H groups in total. The van der Waals surface area contributed by atoms with E-state index in [9.17, 15) is 0 Å². The minimum Gasteiger partial charge on any atom is -0.370 e. The van der Waals surface area contributed by atoms with Crippen LogP contribution in [0.15, 0.2) is 4.99 Å². The van der Waals surface area contributed by atoms with Gasteiger partial charge in [0.05, 0.1) is 0 Å². The van der Waals surface area contributed by atoms with Crippen LogP contribution in [-0.2, 0) is 0 Å². The number of aliphatic imine (C=N–C) groups is 1. The molecule has 0 atom stereocenters. The Morgan fingerprint density at radius 3 is 2.50 bits per heavy atom. The third-order valence-corrected chi connectivity index (χ3v) is 4.26. The highest BCUT2D eigenvalue weighted by molar-refractivity contribution is 14.0. The molecule has 1 saturated heterocycles. The van der Waals surface area contributed by atoms with E-state index in [4.69, 9.17) is 5.73 Å². The summed E-state index contributed by atoms with van der Waals surface area (Å²) < 4.78 is 0. The Hall–Kier alpha value is 0.350. The third kappa shape index (κ3) is 4.31. The number of hydrogen-bond acceptors (Lipinski definition) is 2. The second-order valence-electron chi connectivity index (χ2n) is 4.45. The van der Waals surface area contributed by atoms with E-state index in [0.29, 0.717) is 0 Å². The summed E-state index contributed by atoms with van der Waals surface area (Å²) in [7, 11) is 0. The van der Waals surface area contributed by atoms with Gasteiger partial charge in [0.15, 0.2) is 5.96 Å². The summed E-state index contributed by atoms with van der Waals surface area (Å²) in [4.78, 5) is 6.77. The maximum Gasteiger partial charge on any atom is 0.191 e. The molecule has 2 fully saturated rings. The van der Waals surface area contributed by atoms with E-state index in [-0.39, 0.29) is 24.0 Å². The molecule has 0 unspecified atom stereocenters. The molecule has 0 bridgehead atoms. The number of thioether (sulfide) groups is 1. The highest BCUT2D eigenvalue weighted by atomic mass is 127. The molecule has 0 radical (unpaired) electrons. The van der Waals surface area contributed by atoms with Crippen molar-refractivity contribution < 1.29 is 0 Å². The van der Waals surface area contributed by atoms with Crippen LogP contribution >= 0.6 is 35.7 Å². The van der Waals surface area contributed by atoms with Gasteiger partial charge in [-0.2, -0.15) is 11.8 Å². The van der Waals surface area contributed by atoms with Gasteiger partial charge in [0.2, 0.25) is 0 Å². The van der Waals surface area contributed by atoms with E-state index in [1.54, 1.807) is 0 Å². The molecule has 0 aromatic heterocycles. The minimum absolute atomic E-state index is 0. The Morgan fingerprint density at radius 1 is 1.25 bits per heavy atom. The van der Waals surface area contributed by atoms with E-state index in [2.05, 4.69) is 9.89 Å². The molecule has 3 nitrogen and oxygen atoms in total. The lowest BCUT2D eigenvalue weighted by atomic mass is 10.1. The molecule has 0 amide bonds. The van der Waals surface area contributed by atoms with Crippen LogP contribution in [0.5, 0.6) is 0 Å². The largest absolute Gasteiger partial charge is 0.370 e. The zero-order valence-electron chi connectivity index (χ0n) is 9.73. The number of rotatable bonds is 2. The molecule has 5 heteroatoms. The van der Waals surface area contributed by atoms with E-state index >= 15 is 0 Å². The second kappa shape index (κ2) is 7.63. The van der Waals surface area contributed by atoms with Crippen molar-refractivity contribution in [2.45, 2.75) is 25.7 Å². The Bertz CT molecular complexity index is 223. The summed E-state index contributed by atoms with van der Waals surface area (Å²) in [6.07, 6.45) is 5.49. The highest BCUT2D eigenvalue weighted by Gasteiger charge is 2.16. The molecule has 1 heterocycles. The van der Waals surface area contributed by atoms with E-state index in [1.165, 1.54) is 37.2 Å². The van der Waals surface area contributed by atoms with Crippen molar-refractivity contribution >= 4 is 41.7 Å². The van der Waals surface area contributed by atoms with Gasteiger partial charge in [-0.25, -0.2) is 0 Å². The molecule has 0 aromatic rings. The Kier molecular flexibility index (Phi) is 6.87. The first kappa shape index (κ1) is 14.4. The van der Waals surface area contributed by atoms with Crippen molar-refractivity contribution in [2.24, 2.45) is 16.6 Å². The first-order chi connectivity index (χ1) is 7.36. The van der Waals surface area contributed by atoms with Gasteiger partial charge in [0.25, 0.3) is 0 Å². The predicted molar refractivity (Wildman–Crippen MR) is 82.8 cm³/mol. The van der Waals surface area contributed by atoms with Crippen LogP contribution in [0.3, 0.4) is 0 Å². The van der Waals surface area contributed by atoms with Crippen LogP contribution in [0.25, 0.3) is 0 Å². The quantitative estimate of drug-likeness (QED) is 0.469. The lowest BCUT2D eigenvalue weighted by molar-refractivity contribution is 0.451. The molecule has 1 aliphatic carbocycles. The van der Waals surface area contributed by atoms with E-state index in [1.807, 2.05) is 11.8 Å². The number of guanidine groups is 1. The van der Waals surface area contributed by atoms with Gasteiger partial charge in [-0.15, -0.1) is 24.0 Å². The van der Waals surface area contributed by atoms with Gasteiger partial charge in [-0.3, -0.25) is 4.99 Å². The standard InChI is InChI=1S/C11H21N3S.HI/c12-11(14-5-7-15-8-6-14)13-9-10-3-1-2-4-10;/h10H,1-9H2,(H2,12,13);1H. The first-order valence-corrected chi connectivity index (χ1v) is 7.14. The van der Waals surface area contributed by atoms with Crippen LogP contribution in [0.4, 0.5) is 0 Å². The van der Waals surface area contributed by atoms with E-state index in [0.717, 1.165) is 31.5 Å². The average molecular weight is 355 g/mol. The van der Waals surface area contributed by atoms with Crippen molar-refractivity contribution in [3.63, 3.8) is 0 Å². The van der Waals surface area contributed by atoms with Gasteiger partial charge in [-0.05, 0) is 18.8 Å². The van der Waals surface area contributed by atoms with Gasteiger partial charge in [-0.1, -0.05) is 12.8 Å². The molecule has 2 rings (SSSR count). The van der Waals surface area contributed by atoms with Gasteiger partial charge in [0.1, 0.15) is 0 Å². The van der Waals surface area contributed by atoms with Crippen molar-refractivity contribution in [3.8, 4) is 0 Å². The van der Waals surface area contributed by atoms with Crippen molar-refractivity contribution in [1.29, 1.82) is 0 Å². The van der Waals surface area contributed by atoms with Crippen molar-refractivity contribution in [3.05, 3.63) is 0 Å². The predicted octanol–water partition coefficient (Wildman–Crippen LogP) is 2.16. The molecule has 1 aliphatic heterocycles. The summed E-state index contributed by atoms with van der Waals surface area (Å²) in [5.41, 5.74) is 5.99. The molecule has 2 aliphatic rings. The molecule has 0 aromatic carbocycles.